The number of ether oxygens (including phenoxy) is 1. The number of fused-ring (bicyclic) bond motifs is 1. The van der Waals surface area contributed by atoms with Crippen molar-refractivity contribution in [2.45, 2.75) is 6.42 Å². The van der Waals surface area contributed by atoms with Gasteiger partial charge in [0.1, 0.15) is 0 Å². The van der Waals surface area contributed by atoms with Crippen LogP contribution in [-0.2, 0) is 4.74 Å². The summed E-state index contributed by atoms with van der Waals surface area (Å²) in [5, 5.41) is 1.69. The first-order chi connectivity index (χ1) is 8.65. The molecule has 0 spiro atoms. The molecule has 1 fully saturated rings. The standard InChI is InChI=1S/C13H10Cl2O3/c14-9-3-8-4-11(18-13(8)10(15)5-9)12(16)7-1-2-17-6-7/h3-5,7H,1-2,6H2. The Morgan fingerprint density at radius 2 is 2.11 bits per heavy atom. The lowest BCUT2D eigenvalue weighted by molar-refractivity contribution is 0.0874. The first kappa shape index (κ1) is 12.0. The van der Waals surface area contributed by atoms with Gasteiger partial charge >= 0.3 is 0 Å². The van der Waals surface area contributed by atoms with E-state index in [-0.39, 0.29) is 11.7 Å². The second-order valence-corrected chi connectivity index (χ2v) is 5.19. The van der Waals surface area contributed by atoms with Gasteiger partial charge in [0.15, 0.2) is 11.3 Å². The molecule has 0 saturated carbocycles. The van der Waals surface area contributed by atoms with Crippen molar-refractivity contribution in [3.05, 3.63) is 34.0 Å². The average molecular weight is 285 g/mol. The first-order valence-electron chi connectivity index (χ1n) is 5.65. The predicted octanol–water partition coefficient (Wildman–Crippen LogP) is 3.96. The van der Waals surface area contributed by atoms with Gasteiger partial charge in [-0.25, -0.2) is 0 Å². The molecule has 0 bridgehead atoms. The molecule has 1 aliphatic rings. The number of benzene rings is 1. The molecule has 2 aromatic rings. The van der Waals surface area contributed by atoms with E-state index in [9.17, 15) is 4.79 Å². The second kappa shape index (κ2) is 4.57. The Bertz CT molecular complexity index is 612. The van der Waals surface area contributed by atoms with Gasteiger partial charge in [-0.2, -0.15) is 0 Å². The van der Waals surface area contributed by atoms with Gasteiger partial charge in [0.2, 0.25) is 5.78 Å². The normalized spacial score (nSPS) is 19.6. The summed E-state index contributed by atoms with van der Waals surface area (Å²) >= 11 is 11.9. The van der Waals surface area contributed by atoms with Gasteiger partial charge in [-0.1, -0.05) is 23.2 Å². The van der Waals surface area contributed by atoms with Crippen LogP contribution in [0.25, 0.3) is 11.0 Å². The number of ketones is 1. The summed E-state index contributed by atoms with van der Waals surface area (Å²) < 4.78 is 10.7. The van der Waals surface area contributed by atoms with Crippen LogP contribution in [0.2, 0.25) is 10.0 Å². The Hall–Kier alpha value is -1.03. The molecule has 3 nitrogen and oxygen atoms in total. The summed E-state index contributed by atoms with van der Waals surface area (Å²) in [6.07, 6.45) is 0.740. The van der Waals surface area contributed by atoms with Crippen molar-refractivity contribution in [1.82, 2.24) is 0 Å². The Morgan fingerprint density at radius 3 is 2.83 bits per heavy atom. The second-order valence-electron chi connectivity index (χ2n) is 4.34. The number of hydrogen-bond donors (Lipinski definition) is 0. The molecule has 0 aliphatic carbocycles. The molecule has 0 radical (unpaired) electrons. The number of carbonyl (C=O) groups excluding carboxylic acids is 1. The number of carbonyl (C=O) groups is 1. The maximum atomic E-state index is 12.2. The lowest BCUT2D eigenvalue weighted by Crippen LogP contribution is -2.13. The summed E-state index contributed by atoms with van der Waals surface area (Å²) in [6, 6.07) is 5.02. The molecule has 2 heterocycles. The molecule has 94 valence electrons. The third-order valence-corrected chi connectivity index (χ3v) is 3.58. The van der Waals surface area contributed by atoms with E-state index in [1.807, 2.05) is 0 Å². The van der Waals surface area contributed by atoms with Crippen molar-refractivity contribution in [1.29, 1.82) is 0 Å². The molecule has 0 amide bonds. The monoisotopic (exact) mass is 284 g/mol. The van der Waals surface area contributed by atoms with Gasteiger partial charge < -0.3 is 9.15 Å². The summed E-state index contributed by atoms with van der Waals surface area (Å²) in [6.45, 7) is 1.09. The quantitative estimate of drug-likeness (QED) is 0.784. The Morgan fingerprint density at radius 1 is 1.28 bits per heavy atom. The molecular formula is C13H10Cl2O3. The molecule has 0 N–H and O–H groups in total. The summed E-state index contributed by atoms with van der Waals surface area (Å²) in [5.41, 5.74) is 0.503. The SMILES string of the molecule is O=C(c1cc2cc(Cl)cc(Cl)c2o1)C1CCOC1. The molecule has 1 aromatic carbocycles. The number of Topliss-reactive ketones (excluding diaryl/α,β-unsaturated/α-hetero) is 1. The number of hydrogen-bond acceptors (Lipinski definition) is 3. The fourth-order valence-electron chi connectivity index (χ4n) is 2.14. The van der Waals surface area contributed by atoms with E-state index in [0.29, 0.717) is 34.6 Å². The summed E-state index contributed by atoms with van der Waals surface area (Å²) in [5.74, 6) is 0.181. The lowest BCUT2D eigenvalue weighted by atomic mass is 10.0. The largest absolute Gasteiger partial charge is 0.451 e. The van der Waals surface area contributed by atoms with Crippen LogP contribution in [0.15, 0.2) is 22.6 Å². The average Bonchev–Trinajstić information content (AvgIpc) is 2.96. The van der Waals surface area contributed by atoms with Crippen molar-refractivity contribution >= 4 is 40.0 Å². The van der Waals surface area contributed by atoms with Crippen molar-refractivity contribution in [3.8, 4) is 0 Å². The van der Waals surface area contributed by atoms with Crippen LogP contribution in [0, 0.1) is 5.92 Å². The van der Waals surface area contributed by atoms with E-state index in [4.69, 9.17) is 32.4 Å². The van der Waals surface area contributed by atoms with E-state index in [2.05, 4.69) is 0 Å². The van der Waals surface area contributed by atoms with Gasteiger partial charge in [-0.15, -0.1) is 0 Å². The number of furan rings is 1. The molecular weight excluding hydrogens is 275 g/mol. The molecule has 1 aliphatic heterocycles. The number of rotatable bonds is 2. The van der Waals surface area contributed by atoms with E-state index in [0.717, 1.165) is 11.8 Å². The molecule has 3 rings (SSSR count). The minimum absolute atomic E-state index is 0.0316. The van der Waals surface area contributed by atoms with Gasteiger partial charge in [0, 0.05) is 17.0 Å². The Kier molecular flexibility index (Phi) is 3.06. The zero-order valence-electron chi connectivity index (χ0n) is 9.41. The predicted molar refractivity (Wildman–Crippen MR) is 69.5 cm³/mol. The minimum atomic E-state index is -0.111. The van der Waals surface area contributed by atoms with E-state index < -0.39 is 0 Å². The zero-order valence-corrected chi connectivity index (χ0v) is 10.9. The zero-order chi connectivity index (χ0) is 12.7. The van der Waals surface area contributed by atoms with Crippen molar-refractivity contribution in [3.63, 3.8) is 0 Å². The van der Waals surface area contributed by atoms with Crippen LogP contribution >= 0.6 is 23.2 Å². The lowest BCUT2D eigenvalue weighted by Gasteiger charge is -2.02. The van der Waals surface area contributed by atoms with E-state index in [1.165, 1.54) is 0 Å². The maximum absolute atomic E-state index is 12.2. The van der Waals surface area contributed by atoms with Crippen molar-refractivity contribution in [2.24, 2.45) is 5.92 Å². The first-order valence-corrected chi connectivity index (χ1v) is 6.41. The molecule has 1 saturated heterocycles. The molecule has 1 atom stereocenters. The highest BCUT2D eigenvalue weighted by Gasteiger charge is 2.27. The number of halogens is 2. The Balaban J connectivity index is 2.02. The highest BCUT2D eigenvalue weighted by atomic mass is 35.5. The highest BCUT2D eigenvalue weighted by Crippen LogP contribution is 2.32. The fraction of sp³-hybridized carbons (Fsp3) is 0.308. The van der Waals surface area contributed by atoms with Gasteiger partial charge in [-0.3, -0.25) is 4.79 Å². The van der Waals surface area contributed by atoms with Crippen LogP contribution in [0.3, 0.4) is 0 Å². The van der Waals surface area contributed by atoms with Crippen LogP contribution < -0.4 is 0 Å². The Labute approximate surface area is 114 Å². The smallest absolute Gasteiger partial charge is 0.203 e. The van der Waals surface area contributed by atoms with Crippen molar-refractivity contribution in [2.75, 3.05) is 13.2 Å². The topological polar surface area (TPSA) is 39.4 Å². The third-order valence-electron chi connectivity index (χ3n) is 3.08. The molecule has 18 heavy (non-hydrogen) atoms. The van der Waals surface area contributed by atoms with Crippen LogP contribution in [0.1, 0.15) is 17.0 Å². The summed E-state index contributed by atoms with van der Waals surface area (Å²) in [7, 11) is 0. The van der Waals surface area contributed by atoms with Crippen LogP contribution in [-0.4, -0.2) is 19.0 Å². The van der Waals surface area contributed by atoms with Crippen molar-refractivity contribution < 1.29 is 13.9 Å². The molecule has 1 unspecified atom stereocenters. The highest BCUT2D eigenvalue weighted by molar-refractivity contribution is 6.38. The van der Waals surface area contributed by atoms with Gasteiger partial charge in [0.25, 0.3) is 0 Å². The maximum Gasteiger partial charge on any atom is 0.203 e. The summed E-state index contributed by atoms with van der Waals surface area (Å²) in [4.78, 5) is 12.2. The fourth-order valence-corrected chi connectivity index (χ4v) is 2.69. The minimum Gasteiger partial charge on any atom is -0.451 e. The van der Waals surface area contributed by atoms with Gasteiger partial charge in [-0.05, 0) is 24.6 Å². The van der Waals surface area contributed by atoms with Gasteiger partial charge in [0.05, 0.1) is 17.5 Å². The van der Waals surface area contributed by atoms with E-state index in [1.54, 1.807) is 18.2 Å². The van der Waals surface area contributed by atoms with E-state index >= 15 is 0 Å². The molecule has 5 heteroatoms. The van der Waals surface area contributed by atoms with Crippen LogP contribution in [0.5, 0.6) is 0 Å². The van der Waals surface area contributed by atoms with Crippen LogP contribution in [0.4, 0.5) is 0 Å². The molecule has 1 aromatic heterocycles. The third kappa shape index (κ3) is 2.03.